The summed E-state index contributed by atoms with van der Waals surface area (Å²) in [6.45, 7) is 0. The lowest BCUT2D eigenvalue weighted by molar-refractivity contribution is -0.241. The summed E-state index contributed by atoms with van der Waals surface area (Å²) in [7, 11) is -22.5. The molecule has 164 valence electrons. The van der Waals surface area contributed by atoms with Crippen LogP contribution < -0.4 is 0 Å². The van der Waals surface area contributed by atoms with Crippen LogP contribution in [0.5, 0.6) is 0 Å². The highest BCUT2D eigenvalue weighted by Crippen LogP contribution is 2.47. The highest BCUT2D eigenvalue weighted by Gasteiger charge is 2.68. The average molecular weight is 489 g/mol. The predicted molar refractivity (Wildman–Crippen MR) is 62.8 cm³/mol. The molecule has 20 heteroatoms. The van der Waals surface area contributed by atoms with Crippen molar-refractivity contribution in [2.75, 3.05) is 11.5 Å². The van der Waals surface area contributed by atoms with Crippen molar-refractivity contribution >= 4 is 29.5 Å². The zero-order valence-corrected chi connectivity index (χ0v) is 14.2. The maximum Gasteiger partial charge on any atom is 0.466 e. The molecule has 0 fully saturated rings. The van der Waals surface area contributed by atoms with Gasteiger partial charge in [-0.2, -0.15) is 48.3 Å². The second-order valence-corrected chi connectivity index (χ2v) is 11.1. The molecule has 0 amide bonds. The molecule has 0 aliphatic heterocycles. The zero-order chi connectivity index (χ0) is 22.5. The number of rotatable bonds is 6. The van der Waals surface area contributed by atoms with E-state index in [9.17, 15) is 73.5 Å². The maximum absolute atomic E-state index is 13.1. The Morgan fingerprint density at radius 3 is 1.00 bits per heavy atom. The summed E-state index contributed by atoms with van der Waals surface area (Å²) in [5, 5.41) is -7.34. The second kappa shape index (κ2) is 6.85. The fraction of sp³-hybridized carbons (Fsp3) is 0.857. The van der Waals surface area contributed by atoms with Gasteiger partial charge in [0.25, 0.3) is 0 Å². The Hall–Kier alpha value is -0.920. The van der Waals surface area contributed by atoms with Gasteiger partial charge in [-0.05, 0) is 0 Å². The van der Waals surface area contributed by atoms with Crippen molar-refractivity contribution in [3.8, 4) is 0 Å². The van der Waals surface area contributed by atoms with E-state index < -0.39 is 68.7 Å². The molecule has 0 spiro atoms. The third-order valence-corrected chi connectivity index (χ3v) is 10.2. The van der Waals surface area contributed by atoms with Gasteiger partial charge in [-0.15, -0.1) is 0 Å². The first-order valence-electron chi connectivity index (χ1n) is 5.43. The first-order valence-corrected chi connectivity index (χ1v) is 10.2. The molecule has 0 aromatic rings. The minimum atomic E-state index is -8.14. The second-order valence-electron chi connectivity index (χ2n) is 4.52. The van der Waals surface area contributed by atoms with Gasteiger partial charge >= 0.3 is 23.8 Å². The first-order chi connectivity index (χ1) is 11.3. The largest absolute Gasteiger partial charge is 0.466 e. The monoisotopic (exact) mass is 489 g/mol. The Labute approximate surface area is 143 Å². The Morgan fingerprint density at radius 2 is 0.815 bits per heavy atom. The van der Waals surface area contributed by atoms with Crippen LogP contribution in [0.25, 0.3) is 0 Å². The van der Waals surface area contributed by atoms with Crippen LogP contribution in [0.15, 0.2) is 0 Å². The third-order valence-electron chi connectivity index (χ3n) is 2.10. The van der Waals surface area contributed by atoms with Crippen LogP contribution in [0.4, 0.5) is 48.3 Å². The van der Waals surface area contributed by atoms with Gasteiger partial charge < -0.3 is 0 Å². The SMILES string of the molecule is O=S(=O)(CC(F)(F)F)[C-](S(=O)(=O)CC(F)(F)F)S(=O)(=O)C(F)(F)C(F)(F)F. The van der Waals surface area contributed by atoms with E-state index >= 15 is 0 Å². The van der Waals surface area contributed by atoms with E-state index in [1.165, 1.54) is 0 Å². The Morgan fingerprint density at radius 1 is 0.556 bits per heavy atom. The fourth-order valence-electron chi connectivity index (χ4n) is 1.33. The minimum Gasteiger partial charge on any atom is -0.260 e. The number of sulfone groups is 3. The molecule has 0 aliphatic carbocycles. The van der Waals surface area contributed by atoms with Gasteiger partial charge in [-0.25, -0.2) is 0 Å². The Balaban J connectivity index is 6.95. The van der Waals surface area contributed by atoms with E-state index in [2.05, 4.69) is 0 Å². The maximum atomic E-state index is 13.1. The fourth-order valence-corrected chi connectivity index (χ4v) is 8.50. The van der Waals surface area contributed by atoms with Gasteiger partial charge in [0.2, 0.25) is 0 Å². The van der Waals surface area contributed by atoms with Crippen LogP contribution in [0.1, 0.15) is 0 Å². The zero-order valence-electron chi connectivity index (χ0n) is 11.7. The van der Waals surface area contributed by atoms with Crippen molar-refractivity contribution in [3.63, 3.8) is 0 Å². The summed E-state index contributed by atoms with van der Waals surface area (Å²) in [4.78, 5) is 0. The lowest BCUT2D eigenvalue weighted by Crippen LogP contribution is -2.51. The highest BCUT2D eigenvalue weighted by atomic mass is 32.3. The molecule has 0 aromatic heterocycles. The number of halogens is 11. The standard InChI is InChI=1S/C7H4F11O6S3/c8-4(9,10)1-25(19,20)3(26(21,22)2-5(11,12)13)27(23,24)7(17,18)6(14,15)16/h1-2H2/q-1. The normalized spacial score (nSPS) is 16.0. The molecule has 0 unspecified atom stereocenters. The molecule has 0 heterocycles. The van der Waals surface area contributed by atoms with E-state index in [4.69, 9.17) is 0 Å². The molecule has 0 saturated carbocycles. The summed E-state index contributed by atoms with van der Waals surface area (Å²) < 4.78 is 199. The highest BCUT2D eigenvalue weighted by molar-refractivity contribution is 8.29. The molecule has 0 saturated heterocycles. The molecule has 0 bridgehead atoms. The average Bonchev–Trinajstić information content (AvgIpc) is 2.16. The van der Waals surface area contributed by atoms with Crippen LogP contribution in [-0.4, -0.2) is 60.5 Å². The molecule has 0 N–H and O–H groups in total. The molecule has 6 nitrogen and oxygen atoms in total. The smallest absolute Gasteiger partial charge is 0.260 e. The van der Waals surface area contributed by atoms with Crippen LogP contribution >= 0.6 is 0 Å². The number of hydrogen-bond acceptors (Lipinski definition) is 6. The lowest BCUT2D eigenvalue weighted by atomic mass is 10.7. The van der Waals surface area contributed by atoms with Crippen molar-refractivity contribution in [1.82, 2.24) is 0 Å². The summed E-state index contributed by atoms with van der Waals surface area (Å²) in [5.74, 6) is -7.28. The van der Waals surface area contributed by atoms with Gasteiger partial charge in [0.15, 0.2) is 0 Å². The summed E-state index contributed by atoms with van der Waals surface area (Å²) >= 11 is 0. The topological polar surface area (TPSA) is 102 Å². The molecule has 0 radical (unpaired) electrons. The van der Waals surface area contributed by atoms with E-state index in [0.717, 1.165) is 0 Å². The summed E-state index contributed by atoms with van der Waals surface area (Å²) in [5.41, 5.74) is 0. The van der Waals surface area contributed by atoms with Crippen molar-refractivity contribution in [2.45, 2.75) is 23.8 Å². The van der Waals surface area contributed by atoms with Gasteiger partial charge in [0.1, 0.15) is 21.3 Å². The van der Waals surface area contributed by atoms with E-state index in [1.54, 1.807) is 0 Å². The summed E-state index contributed by atoms with van der Waals surface area (Å²) in [6, 6.07) is 0. The van der Waals surface area contributed by atoms with Crippen LogP contribution in [0, 0.1) is 3.91 Å². The van der Waals surface area contributed by atoms with Gasteiger partial charge in [-0.1, -0.05) is 0 Å². The third kappa shape index (κ3) is 6.03. The number of hydrogen-bond donors (Lipinski definition) is 0. The van der Waals surface area contributed by atoms with Gasteiger partial charge in [-0.3, -0.25) is 25.3 Å². The molecular formula is C7H4F11O6S3-. The molecule has 0 aliphatic rings. The molecule has 0 aromatic carbocycles. The van der Waals surface area contributed by atoms with E-state index in [0.29, 0.717) is 0 Å². The predicted octanol–water partition coefficient (Wildman–Crippen LogP) is 1.96. The van der Waals surface area contributed by atoms with Crippen molar-refractivity contribution in [1.29, 1.82) is 0 Å². The number of alkyl halides is 11. The first kappa shape index (κ1) is 26.1. The molecular weight excluding hydrogens is 485 g/mol. The van der Waals surface area contributed by atoms with Crippen LogP contribution in [-0.2, 0) is 29.5 Å². The van der Waals surface area contributed by atoms with Crippen molar-refractivity contribution in [3.05, 3.63) is 3.91 Å². The molecule has 0 rings (SSSR count). The molecule has 0 atom stereocenters. The van der Waals surface area contributed by atoms with Crippen LogP contribution in [0.3, 0.4) is 0 Å². The van der Waals surface area contributed by atoms with E-state index in [-0.39, 0.29) is 0 Å². The summed E-state index contributed by atoms with van der Waals surface area (Å²) in [6.07, 6.45) is -19.5. The Bertz CT molecular complexity index is 813. The van der Waals surface area contributed by atoms with Crippen molar-refractivity contribution < 1.29 is 73.5 Å². The van der Waals surface area contributed by atoms with Crippen molar-refractivity contribution in [2.24, 2.45) is 0 Å². The van der Waals surface area contributed by atoms with Gasteiger partial charge in [0, 0.05) is 3.91 Å². The minimum absolute atomic E-state index is 3.64. The Kier molecular flexibility index (Phi) is 6.62. The lowest BCUT2D eigenvalue weighted by Gasteiger charge is -2.34. The van der Waals surface area contributed by atoms with Crippen LogP contribution in [0.2, 0.25) is 0 Å². The van der Waals surface area contributed by atoms with Gasteiger partial charge in [0.05, 0.1) is 19.7 Å². The quantitative estimate of drug-likeness (QED) is 0.418. The van der Waals surface area contributed by atoms with E-state index in [1.807, 2.05) is 0 Å². The molecule has 27 heavy (non-hydrogen) atoms.